The van der Waals surface area contributed by atoms with Crippen LogP contribution in [0.4, 0.5) is 13.2 Å². The van der Waals surface area contributed by atoms with Crippen LogP contribution in [-0.2, 0) is 25.5 Å². The van der Waals surface area contributed by atoms with Crippen molar-refractivity contribution in [2.24, 2.45) is 4.99 Å². The first-order valence-electron chi connectivity index (χ1n) is 9.11. The van der Waals surface area contributed by atoms with Gasteiger partial charge in [0.15, 0.2) is 5.76 Å². The third kappa shape index (κ3) is 3.69. The second kappa shape index (κ2) is 6.98. The molecule has 0 aromatic carbocycles. The van der Waals surface area contributed by atoms with E-state index in [2.05, 4.69) is 20.2 Å². The maximum absolute atomic E-state index is 12.6. The van der Waals surface area contributed by atoms with Gasteiger partial charge in [-0.3, -0.25) is 0 Å². The summed E-state index contributed by atoms with van der Waals surface area (Å²) in [5.74, 6) is -0.318. The molecule has 6 nitrogen and oxygen atoms in total. The molecule has 0 fully saturated rings. The van der Waals surface area contributed by atoms with Crippen LogP contribution in [0.15, 0.2) is 28.6 Å². The molecule has 10 heteroatoms. The van der Waals surface area contributed by atoms with Crippen molar-refractivity contribution in [1.29, 1.82) is 0 Å². The molecule has 152 valence electrons. The van der Waals surface area contributed by atoms with Crippen LogP contribution in [-0.4, -0.2) is 31.4 Å². The van der Waals surface area contributed by atoms with Crippen LogP contribution in [0.1, 0.15) is 55.0 Å². The molecule has 4 rings (SSSR count). The highest BCUT2D eigenvalue weighted by Gasteiger charge is 2.49. The number of aryl methyl sites for hydroxylation is 1. The van der Waals surface area contributed by atoms with Gasteiger partial charge in [0.05, 0.1) is 6.61 Å². The first kappa shape index (κ1) is 19.1. The Morgan fingerprint density at radius 3 is 2.75 bits per heavy atom. The Balaban J connectivity index is 1.68. The van der Waals surface area contributed by atoms with Crippen LogP contribution in [0.3, 0.4) is 0 Å². The van der Waals surface area contributed by atoms with Gasteiger partial charge in [-0.1, -0.05) is 19.3 Å². The number of aliphatic imine (C=N–C) groups is 1. The van der Waals surface area contributed by atoms with Gasteiger partial charge in [-0.15, -0.1) is 0 Å². The second-order valence-electron chi connectivity index (χ2n) is 7.10. The van der Waals surface area contributed by atoms with Crippen molar-refractivity contribution in [1.82, 2.24) is 4.98 Å². The fraction of sp³-hybridized carbons (Fsp3) is 0.500. The van der Waals surface area contributed by atoms with Crippen molar-refractivity contribution in [2.45, 2.75) is 50.0 Å². The average molecular weight is 416 g/mol. The first-order valence-corrected chi connectivity index (χ1v) is 10.5. The van der Waals surface area contributed by atoms with E-state index in [0.29, 0.717) is 6.61 Å². The van der Waals surface area contributed by atoms with Gasteiger partial charge in [-0.25, -0.2) is 4.99 Å². The van der Waals surface area contributed by atoms with E-state index in [-0.39, 0.29) is 17.4 Å². The lowest BCUT2D eigenvalue weighted by Gasteiger charge is -2.21. The van der Waals surface area contributed by atoms with E-state index < -0.39 is 21.5 Å². The van der Waals surface area contributed by atoms with E-state index in [4.69, 9.17) is 4.74 Å². The fourth-order valence-electron chi connectivity index (χ4n) is 3.67. The molecule has 2 aliphatic heterocycles. The summed E-state index contributed by atoms with van der Waals surface area (Å²) in [4.78, 5) is 7.25. The molecule has 0 saturated carbocycles. The first-order chi connectivity index (χ1) is 13.2. The van der Waals surface area contributed by atoms with Crippen molar-refractivity contribution in [3.8, 4) is 0 Å². The Labute approximate surface area is 160 Å². The molecule has 2 bridgehead atoms. The number of aromatic amines is 1. The van der Waals surface area contributed by atoms with E-state index in [1.165, 1.54) is 6.42 Å². The van der Waals surface area contributed by atoms with Crippen LogP contribution in [0.25, 0.3) is 6.08 Å². The van der Waals surface area contributed by atoms with Gasteiger partial charge in [0, 0.05) is 23.4 Å². The van der Waals surface area contributed by atoms with Gasteiger partial charge in [0.2, 0.25) is 5.90 Å². The van der Waals surface area contributed by atoms with Gasteiger partial charge >= 0.3 is 15.6 Å². The number of halogens is 3. The molecular weight excluding hydrogens is 397 g/mol. The zero-order valence-electron chi connectivity index (χ0n) is 14.9. The van der Waals surface area contributed by atoms with Crippen molar-refractivity contribution in [3.05, 3.63) is 40.5 Å². The quantitative estimate of drug-likeness (QED) is 0.551. The molecule has 1 aliphatic carbocycles. The Morgan fingerprint density at radius 1 is 1.18 bits per heavy atom. The number of aromatic nitrogens is 1. The van der Waals surface area contributed by atoms with E-state index in [0.717, 1.165) is 55.1 Å². The SMILES string of the molecule is O=S(=O)(OC1=NC2=Cc3[nH]c4cc3C(CCCCCC4)COC2=C1)C(F)(F)F. The minimum Gasteiger partial charge on any atom is -0.490 e. The predicted molar refractivity (Wildman–Crippen MR) is 95.8 cm³/mol. The third-order valence-electron chi connectivity index (χ3n) is 5.06. The van der Waals surface area contributed by atoms with Crippen LogP contribution in [0, 0.1) is 0 Å². The number of hydrogen-bond donors (Lipinski definition) is 1. The number of rotatable bonds is 1. The number of alkyl halides is 3. The number of nitrogens with one attached hydrogen (secondary N) is 1. The topological polar surface area (TPSA) is 80.8 Å². The van der Waals surface area contributed by atoms with Crippen molar-refractivity contribution in [2.75, 3.05) is 6.61 Å². The van der Waals surface area contributed by atoms with Crippen molar-refractivity contribution < 1.29 is 30.5 Å². The molecule has 3 aliphatic rings. The number of H-pyrrole nitrogens is 1. The molecular formula is C18H19F3N2O4S. The minimum atomic E-state index is -5.78. The van der Waals surface area contributed by atoms with Crippen LogP contribution >= 0.6 is 0 Å². The average Bonchev–Trinajstić information content (AvgIpc) is 3.14. The molecule has 1 unspecified atom stereocenters. The lowest BCUT2D eigenvalue weighted by atomic mass is 9.91. The van der Waals surface area contributed by atoms with Gasteiger partial charge in [0.1, 0.15) is 5.70 Å². The Kier molecular flexibility index (Phi) is 4.76. The minimum absolute atomic E-state index is 0.140. The van der Waals surface area contributed by atoms with E-state index in [1.807, 2.05) is 0 Å². The third-order valence-corrected chi connectivity index (χ3v) is 6.02. The molecule has 3 heterocycles. The highest BCUT2D eigenvalue weighted by atomic mass is 32.2. The monoisotopic (exact) mass is 416 g/mol. The van der Waals surface area contributed by atoms with Gasteiger partial charge in [-0.05, 0) is 37.0 Å². The molecule has 0 spiro atoms. The lowest BCUT2D eigenvalue weighted by molar-refractivity contribution is -0.0504. The zero-order chi connectivity index (χ0) is 19.9. The molecule has 1 aromatic heterocycles. The molecule has 0 radical (unpaired) electrons. The van der Waals surface area contributed by atoms with E-state index >= 15 is 0 Å². The standard InChI is InChI=1S/C18H19F3N2O4S/c19-18(20,21)28(24,25)27-17-9-16-15(23-17)8-14-13-7-12(22-14)6-4-2-1-3-5-11(13)10-26-16/h7-9,11,22H,1-6,10H2. The molecule has 28 heavy (non-hydrogen) atoms. The second-order valence-corrected chi connectivity index (χ2v) is 8.63. The van der Waals surface area contributed by atoms with E-state index in [9.17, 15) is 21.6 Å². The van der Waals surface area contributed by atoms with E-state index in [1.54, 1.807) is 6.08 Å². The molecule has 0 saturated heterocycles. The Hall–Kier alpha value is -2.23. The largest absolute Gasteiger partial charge is 0.534 e. The van der Waals surface area contributed by atoms with Gasteiger partial charge < -0.3 is 13.9 Å². The Bertz CT molecular complexity index is 973. The van der Waals surface area contributed by atoms with Gasteiger partial charge in [-0.2, -0.15) is 21.6 Å². The summed E-state index contributed by atoms with van der Waals surface area (Å²) in [5, 5.41) is 0. The van der Waals surface area contributed by atoms with Crippen molar-refractivity contribution >= 4 is 22.1 Å². The molecule has 1 atom stereocenters. The van der Waals surface area contributed by atoms with Crippen LogP contribution < -0.4 is 0 Å². The fourth-order valence-corrected chi connectivity index (χ4v) is 4.07. The summed E-state index contributed by atoms with van der Waals surface area (Å²) in [7, 11) is -5.78. The summed E-state index contributed by atoms with van der Waals surface area (Å²) in [6.07, 6.45) is 9.09. The summed E-state index contributed by atoms with van der Waals surface area (Å²) in [5.41, 5.74) is -2.27. The molecule has 1 N–H and O–H groups in total. The van der Waals surface area contributed by atoms with Crippen LogP contribution in [0.2, 0.25) is 0 Å². The lowest BCUT2D eigenvalue weighted by Crippen LogP contribution is -2.27. The maximum Gasteiger partial charge on any atom is 0.534 e. The number of hydrogen-bond acceptors (Lipinski definition) is 5. The van der Waals surface area contributed by atoms with Crippen molar-refractivity contribution in [3.63, 3.8) is 0 Å². The number of nitrogens with zero attached hydrogens (tertiary/aromatic N) is 1. The summed E-state index contributed by atoms with van der Waals surface area (Å²) in [6.45, 7) is 0.336. The smallest absolute Gasteiger partial charge is 0.490 e. The molecule has 1 aromatic rings. The summed E-state index contributed by atoms with van der Waals surface area (Å²) < 4.78 is 70.1. The Morgan fingerprint density at radius 2 is 1.96 bits per heavy atom. The summed E-state index contributed by atoms with van der Waals surface area (Å²) >= 11 is 0. The van der Waals surface area contributed by atoms with Crippen LogP contribution in [0.5, 0.6) is 0 Å². The number of fused-ring (bicyclic) bond motifs is 2. The normalized spacial score (nSPS) is 22.7. The van der Waals surface area contributed by atoms with Gasteiger partial charge in [0.25, 0.3) is 0 Å². The highest BCUT2D eigenvalue weighted by molar-refractivity contribution is 7.88. The highest BCUT2D eigenvalue weighted by Crippen LogP contribution is 2.36. The zero-order valence-corrected chi connectivity index (χ0v) is 15.7. The predicted octanol–water partition coefficient (Wildman–Crippen LogP) is 4.14. The maximum atomic E-state index is 12.6. The number of ether oxygens (including phenoxy) is 1. The summed E-state index contributed by atoms with van der Waals surface area (Å²) in [6, 6.07) is 2.12. The molecule has 0 amide bonds.